The van der Waals surface area contributed by atoms with Crippen LogP contribution in [-0.4, -0.2) is 16.8 Å². The Morgan fingerprint density at radius 1 is 0.933 bits per heavy atom. The summed E-state index contributed by atoms with van der Waals surface area (Å²) in [5, 5.41) is 5.77. The lowest BCUT2D eigenvalue weighted by atomic mass is 9.86. The maximum atomic E-state index is 12.9. The van der Waals surface area contributed by atoms with Gasteiger partial charge in [-0.05, 0) is 40.3 Å². The molecule has 0 aliphatic carbocycles. The molecule has 0 saturated carbocycles. The van der Waals surface area contributed by atoms with Crippen LogP contribution in [0.3, 0.4) is 0 Å². The van der Waals surface area contributed by atoms with Crippen LogP contribution < -0.4 is 10.6 Å². The van der Waals surface area contributed by atoms with Crippen molar-refractivity contribution in [2.75, 3.05) is 0 Å². The van der Waals surface area contributed by atoms with Crippen LogP contribution in [0.5, 0.6) is 0 Å². The Bertz CT molecular complexity index is 978. The van der Waals surface area contributed by atoms with Crippen LogP contribution in [0.25, 0.3) is 0 Å². The van der Waals surface area contributed by atoms with Gasteiger partial charge in [0.25, 0.3) is 5.91 Å². The van der Waals surface area contributed by atoms with Gasteiger partial charge in [0.2, 0.25) is 5.91 Å². The molecule has 2 amide bonds. The summed E-state index contributed by atoms with van der Waals surface area (Å²) >= 11 is 0. The number of pyridine rings is 1. The minimum atomic E-state index is -0.794. The van der Waals surface area contributed by atoms with Crippen molar-refractivity contribution in [3.05, 3.63) is 101 Å². The second-order valence-electron chi connectivity index (χ2n) is 8.22. The van der Waals surface area contributed by atoms with E-state index in [0.29, 0.717) is 12.1 Å². The molecular weight excluding hydrogens is 374 g/mol. The largest absolute Gasteiger partial charge is 0.350 e. The van der Waals surface area contributed by atoms with Crippen molar-refractivity contribution < 1.29 is 9.59 Å². The van der Waals surface area contributed by atoms with E-state index in [-0.39, 0.29) is 17.2 Å². The highest BCUT2D eigenvalue weighted by molar-refractivity contribution is 5.97. The molecule has 0 aliphatic heterocycles. The summed E-state index contributed by atoms with van der Waals surface area (Å²) in [5.41, 5.74) is 3.28. The Morgan fingerprint density at radius 3 is 2.23 bits per heavy atom. The van der Waals surface area contributed by atoms with Crippen molar-refractivity contribution in [2.24, 2.45) is 0 Å². The van der Waals surface area contributed by atoms with Crippen molar-refractivity contribution in [1.82, 2.24) is 15.6 Å². The topological polar surface area (TPSA) is 71.1 Å². The average molecular weight is 402 g/mol. The monoisotopic (exact) mass is 401 g/mol. The second kappa shape index (κ2) is 9.35. The quantitative estimate of drug-likeness (QED) is 0.651. The maximum Gasteiger partial charge on any atom is 0.252 e. The Labute approximate surface area is 177 Å². The van der Waals surface area contributed by atoms with Crippen LogP contribution in [0.1, 0.15) is 53.9 Å². The minimum absolute atomic E-state index is 0.00770. The molecule has 2 aromatic carbocycles. The molecule has 3 rings (SSSR count). The van der Waals surface area contributed by atoms with E-state index >= 15 is 0 Å². The highest BCUT2D eigenvalue weighted by Gasteiger charge is 2.23. The number of rotatable bonds is 6. The zero-order valence-electron chi connectivity index (χ0n) is 17.6. The molecule has 1 atom stereocenters. The SMILES string of the molecule is CC(C)(C)c1ccc(C(=O)NC(C(=O)NCc2cccnc2)c2ccccc2)cc1. The van der Waals surface area contributed by atoms with E-state index in [9.17, 15) is 9.59 Å². The highest BCUT2D eigenvalue weighted by Crippen LogP contribution is 2.22. The van der Waals surface area contributed by atoms with Crippen molar-refractivity contribution in [3.8, 4) is 0 Å². The lowest BCUT2D eigenvalue weighted by molar-refractivity contribution is -0.123. The smallest absolute Gasteiger partial charge is 0.252 e. The van der Waals surface area contributed by atoms with Gasteiger partial charge in [-0.3, -0.25) is 14.6 Å². The molecule has 154 valence electrons. The molecule has 0 saturated heterocycles. The fourth-order valence-electron chi connectivity index (χ4n) is 3.08. The van der Waals surface area contributed by atoms with Crippen LogP contribution in [-0.2, 0) is 16.8 Å². The van der Waals surface area contributed by atoms with E-state index < -0.39 is 6.04 Å². The first kappa shape index (κ1) is 21.2. The van der Waals surface area contributed by atoms with Gasteiger partial charge >= 0.3 is 0 Å². The van der Waals surface area contributed by atoms with E-state index in [2.05, 4.69) is 36.4 Å². The predicted molar refractivity (Wildman–Crippen MR) is 118 cm³/mol. The lowest BCUT2D eigenvalue weighted by Crippen LogP contribution is -2.40. The summed E-state index contributed by atoms with van der Waals surface area (Å²) in [6, 6.07) is 19.6. The van der Waals surface area contributed by atoms with Crippen LogP contribution in [0.2, 0.25) is 0 Å². The number of benzene rings is 2. The number of carbonyl (C=O) groups excluding carboxylic acids is 2. The second-order valence-corrected chi connectivity index (χ2v) is 8.22. The summed E-state index contributed by atoms with van der Waals surface area (Å²) < 4.78 is 0. The number of carbonyl (C=O) groups is 2. The Balaban J connectivity index is 1.75. The van der Waals surface area contributed by atoms with Crippen molar-refractivity contribution in [3.63, 3.8) is 0 Å². The number of hydrogen-bond donors (Lipinski definition) is 2. The summed E-state index contributed by atoms with van der Waals surface area (Å²) in [5.74, 6) is -0.564. The normalized spacial score (nSPS) is 12.1. The third-order valence-corrected chi connectivity index (χ3v) is 4.87. The molecule has 1 aromatic heterocycles. The van der Waals surface area contributed by atoms with Gasteiger partial charge in [-0.2, -0.15) is 0 Å². The molecule has 0 bridgehead atoms. The van der Waals surface area contributed by atoms with Crippen LogP contribution in [0.15, 0.2) is 79.1 Å². The molecule has 0 spiro atoms. The molecule has 0 fully saturated rings. The first-order valence-corrected chi connectivity index (χ1v) is 9.97. The third kappa shape index (κ3) is 5.54. The van der Waals surface area contributed by atoms with Crippen LogP contribution in [0, 0.1) is 0 Å². The van der Waals surface area contributed by atoms with E-state index in [1.54, 1.807) is 24.5 Å². The molecule has 0 radical (unpaired) electrons. The Morgan fingerprint density at radius 2 is 1.63 bits per heavy atom. The summed E-state index contributed by atoms with van der Waals surface area (Å²) in [6.45, 7) is 6.71. The summed E-state index contributed by atoms with van der Waals surface area (Å²) in [6.07, 6.45) is 3.39. The first-order valence-electron chi connectivity index (χ1n) is 9.97. The van der Waals surface area contributed by atoms with E-state index in [0.717, 1.165) is 16.7 Å². The molecule has 3 aromatic rings. The minimum Gasteiger partial charge on any atom is -0.350 e. The lowest BCUT2D eigenvalue weighted by Gasteiger charge is -2.21. The van der Waals surface area contributed by atoms with Crippen molar-refractivity contribution >= 4 is 11.8 Å². The van der Waals surface area contributed by atoms with E-state index in [1.807, 2.05) is 54.6 Å². The van der Waals surface area contributed by atoms with Crippen LogP contribution >= 0.6 is 0 Å². The van der Waals surface area contributed by atoms with Gasteiger partial charge in [-0.25, -0.2) is 0 Å². The van der Waals surface area contributed by atoms with E-state index in [1.165, 1.54) is 0 Å². The van der Waals surface area contributed by atoms with E-state index in [4.69, 9.17) is 0 Å². The van der Waals surface area contributed by atoms with Crippen molar-refractivity contribution in [2.45, 2.75) is 38.8 Å². The number of nitrogens with zero attached hydrogens (tertiary/aromatic N) is 1. The van der Waals surface area contributed by atoms with Gasteiger partial charge in [0, 0.05) is 24.5 Å². The highest BCUT2D eigenvalue weighted by atomic mass is 16.2. The molecule has 0 aliphatic rings. The summed E-state index contributed by atoms with van der Waals surface area (Å²) in [7, 11) is 0. The molecule has 2 N–H and O–H groups in total. The van der Waals surface area contributed by atoms with Gasteiger partial charge < -0.3 is 10.6 Å². The van der Waals surface area contributed by atoms with Crippen molar-refractivity contribution in [1.29, 1.82) is 0 Å². The average Bonchev–Trinajstić information content (AvgIpc) is 2.76. The Kier molecular flexibility index (Phi) is 6.62. The molecule has 30 heavy (non-hydrogen) atoms. The molecule has 1 unspecified atom stereocenters. The number of nitrogens with one attached hydrogen (secondary N) is 2. The zero-order valence-corrected chi connectivity index (χ0v) is 17.6. The molecule has 5 nitrogen and oxygen atoms in total. The predicted octanol–water partition coefficient (Wildman–Crippen LogP) is 4.17. The van der Waals surface area contributed by atoms with Gasteiger partial charge in [-0.1, -0.05) is 69.3 Å². The fourth-order valence-corrected chi connectivity index (χ4v) is 3.08. The number of hydrogen-bond acceptors (Lipinski definition) is 3. The van der Waals surface area contributed by atoms with Gasteiger partial charge in [0.1, 0.15) is 6.04 Å². The zero-order chi connectivity index (χ0) is 21.6. The molecular formula is C25H27N3O2. The third-order valence-electron chi connectivity index (χ3n) is 4.87. The van der Waals surface area contributed by atoms with Gasteiger partial charge in [-0.15, -0.1) is 0 Å². The fraction of sp³-hybridized carbons (Fsp3) is 0.240. The molecule has 5 heteroatoms. The Hall–Kier alpha value is -3.47. The van der Waals surface area contributed by atoms with Gasteiger partial charge in [0.05, 0.1) is 0 Å². The first-order chi connectivity index (χ1) is 14.3. The summed E-state index contributed by atoms with van der Waals surface area (Å²) in [4.78, 5) is 29.8. The number of aromatic nitrogens is 1. The van der Waals surface area contributed by atoms with Gasteiger partial charge in [0.15, 0.2) is 0 Å². The molecule has 1 heterocycles. The standard InChI is InChI=1S/C25H27N3O2/c1-25(2,3)21-13-11-20(12-14-21)23(29)28-22(19-9-5-4-6-10-19)24(30)27-17-18-8-7-15-26-16-18/h4-16,22H,17H2,1-3H3,(H,27,30)(H,28,29). The van der Waals surface area contributed by atoms with Crippen LogP contribution in [0.4, 0.5) is 0 Å². The number of amides is 2. The maximum absolute atomic E-state index is 12.9.